The van der Waals surface area contributed by atoms with E-state index in [0.717, 1.165) is 47.7 Å². The maximum atomic E-state index is 4.52. The molecular weight excluding hydrogens is 298 g/mol. The topological polar surface area (TPSA) is 80.0 Å². The number of thiazole rings is 1. The highest BCUT2D eigenvalue weighted by Gasteiger charge is 2.17. The molecule has 0 amide bonds. The number of aliphatic imine (C=N–C) groups is 1. The van der Waals surface area contributed by atoms with E-state index >= 15 is 0 Å². The minimum absolute atomic E-state index is 0.628. The first-order valence-corrected chi connectivity index (χ1v) is 8.27. The van der Waals surface area contributed by atoms with Gasteiger partial charge >= 0.3 is 0 Å². The van der Waals surface area contributed by atoms with Crippen LogP contribution in [0.4, 0.5) is 0 Å². The number of rotatable bonds is 4. The van der Waals surface area contributed by atoms with Gasteiger partial charge in [0, 0.05) is 24.9 Å². The molecule has 0 aromatic carbocycles. The van der Waals surface area contributed by atoms with Gasteiger partial charge in [-0.05, 0) is 20.3 Å². The lowest BCUT2D eigenvalue weighted by Gasteiger charge is -2.10. The molecule has 1 aliphatic rings. The molecule has 0 unspecified atom stereocenters. The molecule has 0 spiro atoms. The van der Waals surface area contributed by atoms with Crippen molar-refractivity contribution in [3.05, 3.63) is 27.2 Å². The Morgan fingerprint density at radius 3 is 2.82 bits per heavy atom. The second-order valence-electron chi connectivity index (χ2n) is 5.32. The first-order valence-electron chi connectivity index (χ1n) is 7.45. The summed E-state index contributed by atoms with van der Waals surface area (Å²) < 4.78 is 2.19. The van der Waals surface area contributed by atoms with Crippen molar-refractivity contribution in [3.63, 3.8) is 0 Å². The third-order valence-corrected chi connectivity index (χ3v) is 4.88. The van der Waals surface area contributed by atoms with Gasteiger partial charge in [-0.25, -0.2) is 4.98 Å². The second-order valence-corrected chi connectivity index (χ2v) is 6.60. The Morgan fingerprint density at radius 1 is 1.27 bits per heavy atom. The van der Waals surface area contributed by atoms with Gasteiger partial charge in [0.25, 0.3) is 0 Å². The highest BCUT2D eigenvalue weighted by atomic mass is 32.1. The molecule has 0 atom stereocenters. The van der Waals surface area contributed by atoms with Crippen LogP contribution in [-0.2, 0) is 26.1 Å². The maximum Gasteiger partial charge on any atom is 0.191 e. The quantitative estimate of drug-likeness (QED) is 0.653. The fraction of sp³-hybridized carbons (Fsp3) is 0.571. The summed E-state index contributed by atoms with van der Waals surface area (Å²) in [6.45, 7) is 6.45. The van der Waals surface area contributed by atoms with Crippen LogP contribution in [0, 0.1) is 13.8 Å². The lowest BCUT2D eigenvalue weighted by atomic mass is 10.4. The summed E-state index contributed by atoms with van der Waals surface area (Å²) in [7, 11) is 1.77. The van der Waals surface area contributed by atoms with Gasteiger partial charge in [0.2, 0.25) is 0 Å². The third kappa shape index (κ3) is 3.11. The zero-order chi connectivity index (χ0) is 15.5. The van der Waals surface area contributed by atoms with E-state index in [1.54, 1.807) is 18.4 Å². The van der Waals surface area contributed by atoms with Gasteiger partial charge in [-0.3, -0.25) is 4.99 Å². The van der Waals surface area contributed by atoms with Gasteiger partial charge in [-0.15, -0.1) is 21.5 Å². The van der Waals surface area contributed by atoms with Crippen molar-refractivity contribution in [3.8, 4) is 0 Å². The Kier molecular flexibility index (Phi) is 4.37. The molecular formula is C14H21N7S. The van der Waals surface area contributed by atoms with Crippen LogP contribution >= 0.6 is 11.3 Å². The van der Waals surface area contributed by atoms with E-state index in [-0.39, 0.29) is 0 Å². The Labute approximate surface area is 133 Å². The van der Waals surface area contributed by atoms with E-state index in [1.165, 1.54) is 4.88 Å². The summed E-state index contributed by atoms with van der Waals surface area (Å²) in [5, 5.41) is 16.1. The maximum absolute atomic E-state index is 4.52. The van der Waals surface area contributed by atoms with Crippen LogP contribution in [0.5, 0.6) is 0 Å². The summed E-state index contributed by atoms with van der Waals surface area (Å²) in [6.07, 6.45) is 2.19. The minimum atomic E-state index is 0.628. The molecule has 2 aromatic heterocycles. The van der Waals surface area contributed by atoms with E-state index in [0.29, 0.717) is 13.1 Å². The zero-order valence-electron chi connectivity index (χ0n) is 13.2. The zero-order valence-corrected chi connectivity index (χ0v) is 14.0. The molecule has 0 fully saturated rings. The molecule has 0 aliphatic carbocycles. The summed E-state index contributed by atoms with van der Waals surface area (Å²) in [4.78, 5) is 10.0. The highest BCUT2D eigenvalue weighted by molar-refractivity contribution is 7.11. The monoisotopic (exact) mass is 319 g/mol. The molecule has 2 N–H and O–H groups in total. The Bertz CT molecular complexity index is 666. The lowest BCUT2D eigenvalue weighted by Crippen LogP contribution is -2.37. The van der Waals surface area contributed by atoms with Crippen LogP contribution in [-0.4, -0.2) is 32.8 Å². The van der Waals surface area contributed by atoms with Gasteiger partial charge in [-0.2, -0.15) is 0 Å². The van der Waals surface area contributed by atoms with Crippen molar-refractivity contribution in [1.29, 1.82) is 0 Å². The van der Waals surface area contributed by atoms with E-state index in [1.807, 2.05) is 6.92 Å². The van der Waals surface area contributed by atoms with Crippen LogP contribution in [0.1, 0.15) is 33.6 Å². The fourth-order valence-corrected chi connectivity index (χ4v) is 3.37. The number of aromatic nitrogens is 4. The van der Waals surface area contributed by atoms with Gasteiger partial charge in [0.1, 0.15) is 10.8 Å². The Hall–Kier alpha value is -1.96. The summed E-state index contributed by atoms with van der Waals surface area (Å²) >= 11 is 1.72. The average Bonchev–Trinajstić information content (AvgIpc) is 3.17. The molecule has 22 heavy (non-hydrogen) atoms. The van der Waals surface area contributed by atoms with E-state index < -0.39 is 0 Å². The van der Waals surface area contributed by atoms with Gasteiger partial charge in [0.15, 0.2) is 11.8 Å². The van der Waals surface area contributed by atoms with E-state index in [2.05, 4.69) is 42.3 Å². The molecule has 2 aromatic rings. The number of hydrogen-bond donors (Lipinski definition) is 2. The van der Waals surface area contributed by atoms with Crippen molar-refractivity contribution in [2.24, 2.45) is 4.99 Å². The average molecular weight is 319 g/mol. The first-order chi connectivity index (χ1) is 10.7. The van der Waals surface area contributed by atoms with E-state index in [9.17, 15) is 0 Å². The van der Waals surface area contributed by atoms with Crippen LogP contribution < -0.4 is 10.6 Å². The molecule has 3 rings (SSSR count). The molecule has 0 bridgehead atoms. The standard InChI is InChI=1S/C14H21N7S/c1-9-10(2)22-13(18-9)8-17-14(15-3)16-7-12-20-19-11-5-4-6-21(11)12/h4-8H2,1-3H3,(H2,15,16,17). The third-order valence-electron chi connectivity index (χ3n) is 3.80. The summed E-state index contributed by atoms with van der Waals surface area (Å²) in [5.41, 5.74) is 1.10. The molecule has 0 saturated carbocycles. The molecule has 0 saturated heterocycles. The predicted molar refractivity (Wildman–Crippen MR) is 87.0 cm³/mol. The van der Waals surface area contributed by atoms with Crippen LogP contribution in [0.25, 0.3) is 0 Å². The number of fused-ring (bicyclic) bond motifs is 1. The molecule has 1 aliphatic heterocycles. The summed E-state index contributed by atoms with van der Waals surface area (Å²) in [5.74, 6) is 2.81. The van der Waals surface area contributed by atoms with Crippen LogP contribution in [0.2, 0.25) is 0 Å². The van der Waals surface area contributed by atoms with Crippen molar-refractivity contribution in [2.45, 2.75) is 46.3 Å². The van der Waals surface area contributed by atoms with Gasteiger partial charge in [-0.1, -0.05) is 0 Å². The fourth-order valence-electron chi connectivity index (χ4n) is 2.50. The van der Waals surface area contributed by atoms with Gasteiger partial charge < -0.3 is 15.2 Å². The largest absolute Gasteiger partial charge is 0.350 e. The lowest BCUT2D eigenvalue weighted by molar-refractivity contribution is 0.662. The summed E-state index contributed by atoms with van der Waals surface area (Å²) in [6, 6.07) is 0. The molecule has 3 heterocycles. The second kappa shape index (κ2) is 6.43. The van der Waals surface area contributed by atoms with Gasteiger partial charge in [0.05, 0.1) is 18.8 Å². The number of aryl methyl sites for hydroxylation is 3. The molecule has 0 radical (unpaired) electrons. The van der Waals surface area contributed by atoms with Crippen LogP contribution in [0.15, 0.2) is 4.99 Å². The smallest absolute Gasteiger partial charge is 0.191 e. The van der Waals surface area contributed by atoms with Crippen molar-refractivity contribution in [1.82, 2.24) is 30.4 Å². The molecule has 8 heteroatoms. The Morgan fingerprint density at radius 2 is 2.09 bits per heavy atom. The number of hydrogen-bond acceptors (Lipinski definition) is 5. The van der Waals surface area contributed by atoms with Crippen molar-refractivity contribution in [2.75, 3.05) is 7.05 Å². The van der Waals surface area contributed by atoms with Crippen molar-refractivity contribution >= 4 is 17.3 Å². The molecule has 7 nitrogen and oxygen atoms in total. The Balaban J connectivity index is 1.54. The van der Waals surface area contributed by atoms with Crippen LogP contribution in [0.3, 0.4) is 0 Å². The number of nitrogens with zero attached hydrogens (tertiary/aromatic N) is 5. The highest BCUT2D eigenvalue weighted by Crippen LogP contribution is 2.16. The van der Waals surface area contributed by atoms with E-state index in [4.69, 9.17) is 0 Å². The first kappa shape index (κ1) is 15.0. The SMILES string of the molecule is CN=C(NCc1nc(C)c(C)s1)NCc1nnc2n1CCC2. The minimum Gasteiger partial charge on any atom is -0.350 e. The number of guanidine groups is 1. The molecule has 118 valence electrons. The predicted octanol–water partition coefficient (Wildman–Crippen LogP) is 1.16. The number of nitrogens with one attached hydrogen (secondary N) is 2. The normalized spacial score (nSPS) is 14.2. The van der Waals surface area contributed by atoms with Crippen molar-refractivity contribution < 1.29 is 0 Å².